The highest BCUT2D eigenvalue weighted by atomic mass is 35.5. The molecular formula is C14H19Cl2N. The van der Waals surface area contributed by atoms with Crippen LogP contribution >= 0.6 is 23.2 Å². The zero-order chi connectivity index (χ0) is 12.4. The minimum absolute atomic E-state index is 0.651. The van der Waals surface area contributed by atoms with E-state index >= 15 is 0 Å². The Kier molecular flexibility index (Phi) is 4.35. The second kappa shape index (κ2) is 5.60. The van der Waals surface area contributed by atoms with Crippen LogP contribution in [-0.2, 0) is 6.42 Å². The summed E-state index contributed by atoms with van der Waals surface area (Å²) in [5, 5.41) is 4.79. The van der Waals surface area contributed by atoms with Gasteiger partial charge in [-0.15, -0.1) is 0 Å². The van der Waals surface area contributed by atoms with Gasteiger partial charge >= 0.3 is 0 Å². The van der Waals surface area contributed by atoms with E-state index in [0.29, 0.717) is 22.9 Å². The summed E-state index contributed by atoms with van der Waals surface area (Å²) in [7, 11) is 2.05. The molecule has 0 radical (unpaired) electrons. The molecule has 1 aliphatic rings. The van der Waals surface area contributed by atoms with Gasteiger partial charge in [0.2, 0.25) is 0 Å². The minimum atomic E-state index is 0.651. The van der Waals surface area contributed by atoms with Crippen molar-refractivity contribution in [3.8, 4) is 0 Å². The topological polar surface area (TPSA) is 12.0 Å². The van der Waals surface area contributed by atoms with E-state index in [0.717, 1.165) is 11.4 Å². The summed E-state index contributed by atoms with van der Waals surface area (Å²) in [6.45, 7) is 2.33. The van der Waals surface area contributed by atoms with E-state index in [9.17, 15) is 0 Å². The van der Waals surface area contributed by atoms with Crippen molar-refractivity contribution in [3.05, 3.63) is 33.8 Å². The number of nitrogens with one attached hydrogen (secondary N) is 1. The smallest absolute Gasteiger partial charge is 0.0624 e. The van der Waals surface area contributed by atoms with Crippen LogP contribution in [0.4, 0.5) is 0 Å². The van der Waals surface area contributed by atoms with E-state index in [1.807, 2.05) is 12.1 Å². The molecule has 1 fully saturated rings. The Bertz CT molecular complexity index is 392. The first-order valence-corrected chi connectivity index (χ1v) is 6.99. The monoisotopic (exact) mass is 271 g/mol. The Hall–Kier alpha value is -0.240. The van der Waals surface area contributed by atoms with E-state index < -0.39 is 0 Å². The summed E-state index contributed by atoms with van der Waals surface area (Å²) >= 11 is 12.3. The van der Waals surface area contributed by atoms with Gasteiger partial charge in [-0.1, -0.05) is 42.3 Å². The SMILES string of the molecule is CNC1CCC(Cc2cccc(Cl)c2Cl)C1C. The van der Waals surface area contributed by atoms with Crippen molar-refractivity contribution in [1.29, 1.82) is 0 Å². The summed E-state index contributed by atoms with van der Waals surface area (Å²) in [5.41, 5.74) is 1.19. The molecule has 3 atom stereocenters. The fraction of sp³-hybridized carbons (Fsp3) is 0.571. The lowest BCUT2D eigenvalue weighted by atomic mass is 9.89. The summed E-state index contributed by atoms with van der Waals surface area (Å²) in [6.07, 6.45) is 3.58. The predicted octanol–water partition coefficient (Wildman–Crippen LogP) is 4.17. The number of halogens is 2. The van der Waals surface area contributed by atoms with Gasteiger partial charge in [-0.05, 0) is 49.8 Å². The lowest BCUT2D eigenvalue weighted by Crippen LogP contribution is -2.29. The van der Waals surface area contributed by atoms with Crippen LogP contribution in [-0.4, -0.2) is 13.1 Å². The van der Waals surface area contributed by atoms with Gasteiger partial charge in [0.25, 0.3) is 0 Å². The molecule has 0 spiro atoms. The highest BCUT2D eigenvalue weighted by Crippen LogP contribution is 2.36. The second-order valence-electron chi connectivity index (χ2n) is 5.01. The number of rotatable bonds is 3. The molecule has 1 aromatic carbocycles. The molecule has 1 nitrogen and oxygen atoms in total. The molecule has 17 heavy (non-hydrogen) atoms. The van der Waals surface area contributed by atoms with Crippen LogP contribution in [0, 0.1) is 11.8 Å². The third-order valence-corrected chi connectivity index (χ3v) is 4.97. The van der Waals surface area contributed by atoms with Gasteiger partial charge in [0.1, 0.15) is 0 Å². The number of hydrogen-bond donors (Lipinski definition) is 1. The summed E-state index contributed by atoms with van der Waals surface area (Å²) in [6, 6.07) is 6.58. The van der Waals surface area contributed by atoms with Gasteiger partial charge in [-0.25, -0.2) is 0 Å². The van der Waals surface area contributed by atoms with Crippen LogP contribution in [0.2, 0.25) is 10.0 Å². The molecule has 94 valence electrons. The highest BCUT2D eigenvalue weighted by Gasteiger charge is 2.31. The molecular weight excluding hydrogens is 253 g/mol. The van der Waals surface area contributed by atoms with Gasteiger partial charge in [-0.3, -0.25) is 0 Å². The van der Waals surface area contributed by atoms with Crippen molar-refractivity contribution in [2.24, 2.45) is 11.8 Å². The zero-order valence-corrected chi connectivity index (χ0v) is 11.9. The average molecular weight is 272 g/mol. The molecule has 3 heteroatoms. The van der Waals surface area contributed by atoms with Crippen molar-refractivity contribution in [2.45, 2.75) is 32.2 Å². The Morgan fingerprint density at radius 3 is 2.71 bits per heavy atom. The summed E-state index contributed by atoms with van der Waals surface area (Å²) < 4.78 is 0. The first-order chi connectivity index (χ1) is 8.13. The molecule has 2 rings (SSSR count). The van der Waals surface area contributed by atoms with Crippen molar-refractivity contribution in [2.75, 3.05) is 7.05 Å². The molecule has 1 aliphatic carbocycles. The largest absolute Gasteiger partial charge is 0.317 e. The quantitative estimate of drug-likeness (QED) is 0.870. The molecule has 1 aromatic rings. The van der Waals surface area contributed by atoms with E-state index in [2.05, 4.69) is 25.4 Å². The minimum Gasteiger partial charge on any atom is -0.317 e. The third kappa shape index (κ3) is 2.78. The van der Waals surface area contributed by atoms with E-state index in [1.54, 1.807) is 0 Å². The number of hydrogen-bond acceptors (Lipinski definition) is 1. The first kappa shape index (κ1) is 13.2. The molecule has 1 saturated carbocycles. The molecule has 0 amide bonds. The lowest BCUT2D eigenvalue weighted by Gasteiger charge is -2.20. The average Bonchev–Trinajstić information content (AvgIpc) is 2.66. The number of benzene rings is 1. The van der Waals surface area contributed by atoms with Gasteiger partial charge in [0, 0.05) is 6.04 Å². The van der Waals surface area contributed by atoms with Crippen LogP contribution in [0.5, 0.6) is 0 Å². The fourth-order valence-corrected chi connectivity index (χ4v) is 3.33. The van der Waals surface area contributed by atoms with Crippen LogP contribution in [0.25, 0.3) is 0 Å². The highest BCUT2D eigenvalue weighted by molar-refractivity contribution is 6.42. The van der Waals surface area contributed by atoms with Crippen molar-refractivity contribution in [1.82, 2.24) is 5.32 Å². The van der Waals surface area contributed by atoms with Crippen LogP contribution in [0.3, 0.4) is 0 Å². The van der Waals surface area contributed by atoms with Crippen molar-refractivity contribution >= 4 is 23.2 Å². The molecule has 0 saturated heterocycles. The van der Waals surface area contributed by atoms with Gasteiger partial charge in [0.05, 0.1) is 10.0 Å². The van der Waals surface area contributed by atoms with Crippen LogP contribution < -0.4 is 5.32 Å². The molecule has 1 N–H and O–H groups in total. The maximum Gasteiger partial charge on any atom is 0.0624 e. The Balaban J connectivity index is 2.09. The van der Waals surface area contributed by atoms with Gasteiger partial charge < -0.3 is 5.32 Å². The first-order valence-electron chi connectivity index (χ1n) is 6.23. The normalized spacial score (nSPS) is 28.6. The molecule has 0 aliphatic heterocycles. The second-order valence-corrected chi connectivity index (χ2v) is 5.79. The summed E-state index contributed by atoms with van der Waals surface area (Å²) in [4.78, 5) is 0. The third-order valence-electron chi connectivity index (χ3n) is 4.11. The zero-order valence-electron chi connectivity index (χ0n) is 10.3. The summed E-state index contributed by atoms with van der Waals surface area (Å²) in [5.74, 6) is 1.42. The van der Waals surface area contributed by atoms with Gasteiger partial charge in [0.15, 0.2) is 0 Å². The van der Waals surface area contributed by atoms with Crippen molar-refractivity contribution in [3.63, 3.8) is 0 Å². The fourth-order valence-electron chi connectivity index (χ4n) is 2.93. The lowest BCUT2D eigenvalue weighted by molar-refractivity contribution is 0.364. The predicted molar refractivity (Wildman–Crippen MR) is 74.9 cm³/mol. The molecule has 3 unspecified atom stereocenters. The maximum absolute atomic E-state index is 6.24. The Labute approximate surface area is 114 Å². The van der Waals surface area contributed by atoms with Crippen LogP contribution in [0.1, 0.15) is 25.3 Å². The maximum atomic E-state index is 6.24. The molecule has 0 aromatic heterocycles. The molecule has 0 bridgehead atoms. The van der Waals surface area contributed by atoms with Crippen LogP contribution in [0.15, 0.2) is 18.2 Å². The van der Waals surface area contributed by atoms with E-state index in [1.165, 1.54) is 18.4 Å². The Morgan fingerprint density at radius 2 is 2.06 bits per heavy atom. The van der Waals surface area contributed by atoms with Gasteiger partial charge in [-0.2, -0.15) is 0 Å². The standard InChI is InChI=1S/C14H19Cl2N/c1-9-10(6-7-13(9)17-2)8-11-4-3-5-12(15)14(11)16/h3-5,9-10,13,17H,6-8H2,1-2H3. The van der Waals surface area contributed by atoms with Crippen molar-refractivity contribution < 1.29 is 0 Å². The van der Waals surface area contributed by atoms with E-state index in [4.69, 9.17) is 23.2 Å². The Morgan fingerprint density at radius 1 is 1.29 bits per heavy atom. The van der Waals surface area contributed by atoms with E-state index in [-0.39, 0.29) is 0 Å². The molecule has 0 heterocycles.